The summed E-state index contributed by atoms with van der Waals surface area (Å²) in [5.41, 5.74) is 0. The second kappa shape index (κ2) is 8.29. The maximum atomic E-state index is 4.45. The first-order chi connectivity index (χ1) is 8.78. The van der Waals surface area contributed by atoms with Gasteiger partial charge in [0.25, 0.3) is 0 Å². The zero-order valence-electron chi connectivity index (χ0n) is 12.6. The van der Waals surface area contributed by atoms with Crippen LogP contribution >= 0.6 is 24.0 Å². The van der Waals surface area contributed by atoms with Crippen LogP contribution in [0.25, 0.3) is 0 Å². The van der Waals surface area contributed by atoms with Gasteiger partial charge in [0.05, 0.1) is 0 Å². The lowest BCUT2D eigenvalue weighted by Gasteiger charge is -2.32. The number of nitrogens with one attached hydrogen (secondary N) is 1. The Kier molecular flexibility index (Phi) is 7.42. The van der Waals surface area contributed by atoms with Crippen LogP contribution in [0.15, 0.2) is 4.99 Å². The van der Waals surface area contributed by atoms with Gasteiger partial charge in [-0.05, 0) is 38.8 Å². The Bertz CT molecular complexity index is 287. The van der Waals surface area contributed by atoms with Crippen molar-refractivity contribution in [3.05, 3.63) is 0 Å². The Hall–Kier alpha value is -0.0400. The molecule has 1 saturated heterocycles. The molecule has 1 aliphatic carbocycles. The van der Waals surface area contributed by atoms with Crippen LogP contribution in [0.3, 0.4) is 0 Å². The van der Waals surface area contributed by atoms with Gasteiger partial charge in [0.15, 0.2) is 5.96 Å². The van der Waals surface area contributed by atoms with Crippen molar-refractivity contribution in [1.29, 1.82) is 0 Å². The summed E-state index contributed by atoms with van der Waals surface area (Å²) in [6.45, 7) is 9.11. The smallest absolute Gasteiger partial charge is 0.193 e. The van der Waals surface area contributed by atoms with Gasteiger partial charge in [0, 0.05) is 32.2 Å². The van der Waals surface area contributed by atoms with Gasteiger partial charge in [-0.2, -0.15) is 0 Å². The summed E-state index contributed by atoms with van der Waals surface area (Å²) in [6, 6.07) is 1.39. The topological polar surface area (TPSA) is 30.9 Å². The standard InChI is InChI=1S/C14H28N4.HI/c1-4-17(5-2)13-9-10-18(11-13)14(15-3)16-12-7-6-8-12;/h12-13H,4-11H2,1-3H3,(H,15,16);1H. The molecule has 0 aromatic rings. The van der Waals surface area contributed by atoms with E-state index in [0.717, 1.165) is 32.1 Å². The van der Waals surface area contributed by atoms with Crippen molar-refractivity contribution in [3.63, 3.8) is 0 Å². The Balaban J connectivity index is 0.00000180. The molecule has 0 spiro atoms. The second-order valence-electron chi connectivity index (χ2n) is 5.43. The van der Waals surface area contributed by atoms with E-state index in [-0.39, 0.29) is 24.0 Å². The van der Waals surface area contributed by atoms with E-state index >= 15 is 0 Å². The first-order valence-electron chi connectivity index (χ1n) is 7.50. The number of hydrogen-bond donors (Lipinski definition) is 1. The quantitative estimate of drug-likeness (QED) is 0.461. The van der Waals surface area contributed by atoms with Gasteiger partial charge < -0.3 is 10.2 Å². The summed E-state index contributed by atoms with van der Waals surface area (Å²) in [7, 11) is 1.91. The van der Waals surface area contributed by atoms with E-state index in [1.54, 1.807) is 0 Å². The van der Waals surface area contributed by atoms with Gasteiger partial charge in [-0.1, -0.05) is 13.8 Å². The third-order valence-electron chi connectivity index (χ3n) is 4.44. The van der Waals surface area contributed by atoms with E-state index in [2.05, 4.69) is 34.0 Å². The summed E-state index contributed by atoms with van der Waals surface area (Å²) < 4.78 is 0. The molecule has 1 saturated carbocycles. The van der Waals surface area contributed by atoms with E-state index in [0.29, 0.717) is 12.1 Å². The summed E-state index contributed by atoms with van der Waals surface area (Å²) in [6.07, 6.45) is 5.27. The fraction of sp³-hybridized carbons (Fsp3) is 0.929. The first kappa shape index (κ1) is 17.0. The van der Waals surface area contributed by atoms with E-state index in [1.165, 1.54) is 25.7 Å². The van der Waals surface area contributed by atoms with Gasteiger partial charge in [-0.15, -0.1) is 24.0 Å². The molecule has 5 heteroatoms. The maximum absolute atomic E-state index is 4.45. The molecule has 1 atom stereocenters. The molecule has 1 unspecified atom stereocenters. The number of halogens is 1. The van der Waals surface area contributed by atoms with Crippen molar-refractivity contribution >= 4 is 29.9 Å². The summed E-state index contributed by atoms with van der Waals surface area (Å²) in [5.74, 6) is 1.12. The minimum atomic E-state index is 0. The minimum absolute atomic E-state index is 0. The van der Waals surface area contributed by atoms with E-state index in [9.17, 15) is 0 Å². The molecule has 1 N–H and O–H groups in total. The van der Waals surface area contributed by atoms with Crippen molar-refractivity contribution in [1.82, 2.24) is 15.1 Å². The molecule has 1 heterocycles. The number of aliphatic imine (C=N–C) groups is 1. The highest BCUT2D eigenvalue weighted by Crippen LogP contribution is 2.20. The number of nitrogens with zero attached hydrogens (tertiary/aromatic N) is 3. The molecule has 1 aliphatic heterocycles. The molecule has 19 heavy (non-hydrogen) atoms. The van der Waals surface area contributed by atoms with E-state index in [4.69, 9.17) is 0 Å². The fourth-order valence-electron chi connectivity index (χ4n) is 3.00. The molecule has 0 amide bonds. The SMILES string of the molecule is CCN(CC)C1CCN(C(=NC)NC2CCC2)C1.I. The van der Waals surface area contributed by atoms with Gasteiger partial charge in [-0.3, -0.25) is 9.89 Å². The van der Waals surface area contributed by atoms with Gasteiger partial charge in [0.1, 0.15) is 0 Å². The summed E-state index contributed by atoms with van der Waals surface area (Å²) in [4.78, 5) is 9.45. The van der Waals surface area contributed by atoms with Crippen molar-refractivity contribution in [3.8, 4) is 0 Å². The lowest BCUT2D eigenvalue weighted by Crippen LogP contribution is -2.48. The number of likely N-dealkylation sites (tertiary alicyclic amines) is 1. The van der Waals surface area contributed by atoms with Crippen molar-refractivity contribution < 1.29 is 0 Å². The number of rotatable bonds is 4. The number of likely N-dealkylation sites (N-methyl/N-ethyl adjacent to an activating group) is 1. The Labute approximate surface area is 135 Å². The van der Waals surface area contributed by atoms with E-state index < -0.39 is 0 Å². The van der Waals surface area contributed by atoms with Crippen LogP contribution in [0.2, 0.25) is 0 Å². The van der Waals surface area contributed by atoms with Crippen LogP contribution in [-0.2, 0) is 0 Å². The minimum Gasteiger partial charge on any atom is -0.354 e. The molecule has 2 rings (SSSR count). The highest BCUT2D eigenvalue weighted by Gasteiger charge is 2.29. The van der Waals surface area contributed by atoms with Crippen LogP contribution in [0.4, 0.5) is 0 Å². The molecule has 112 valence electrons. The number of hydrogen-bond acceptors (Lipinski definition) is 2. The molecule has 0 aromatic heterocycles. The molecule has 4 nitrogen and oxygen atoms in total. The normalized spacial score (nSPS) is 24.3. The second-order valence-corrected chi connectivity index (χ2v) is 5.43. The molecule has 0 bridgehead atoms. The lowest BCUT2D eigenvalue weighted by atomic mass is 9.93. The van der Waals surface area contributed by atoms with Crippen molar-refractivity contribution in [2.24, 2.45) is 4.99 Å². The Morgan fingerprint density at radius 2 is 1.95 bits per heavy atom. The van der Waals surface area contributed by atoms with E-state index in [1.807, 2.05) is 7.05 Å². The Morgan fingerprint density at radius 1 is 1.26 bits per heavy atom. The zero-order chi connectivity index (χ0) is 13.0. The Morgan fingerprint density at radius 3 is 2.42 bits per heavy atom. The zero-order valence-corrected chi connectivity index (χ0v) is 14.9. The van der Waals surface area contributed by atoms with Gasteiger partial charge in [0.2, 0.25) is 0 Å². The average Bonchev–Trinajstić information content (AvgIpc) is 2.79. The third-order valence-corrected chi connectivity index (χ3v) is 4.44. The highest BCUT2D eigenvalue weighted by molar-refractivity contribution is 14.0. The van der Waals surface area contributed by atoms with Crippen LogP contribution in [-0.4, -0.2) is 61.1 Å². The lowest BCUT2D eigenvalue weighted by molar-refractivity contribution is 0.222. The summed E-state index contributed by atoms with van der Waals surface area (Å²) >= 11 is 0. The van der Waals surface area contributed by atoms with Crippen LogP contribution in [0.1, 0.15) is 39.5 Å². The van der Waals surface area contributed by atoms with Crippen LogP contribution in [0.5, 0.6) is 0 Å². The maximum Gasteiger partial charge on any atom is 0.193 e. The molecular weight excluding hydrogens is 351 g/mol. The predicted molar refractivity (Wildman–Crippen MR) is 92.4 cm³/mol. The van der Waals surface area contributed by atoms with Gasteiger partial charge >= 0.3 is 0 Å². The fourth-order valence-corrected chi connectivity index (χ4v) is 3.00. The van der Waals surface area contributed by atoms with Crippen molar-refractivity contribution in [2.45, 2.75) is 51.6 Å². The molecule has 0 radical (unpaired) electrons. The average molecular weight is 380 g/mol. The van der Waals surface area contributed by atoms with Crippen LogP contribution < -0.4 is 5.32 Å². The van der Waals surface area contributed by atoms with Crippen LogP contribution in [0, 0.1) is 0 Å². The third kappa shape index (κ3) is 4.21. The molecule has 2 aliphatic rings. The van der Waals surface area contributed by atoms with Crippen molar-refractivity contribution in [2.75, 3.05) is 33.2 Å². The molecular formula is C14H29IN4. The highest BCUT2D eigenvalue weighted by atomic mass is 127. The summed E-state index contributed by atoms with van der Waals surface area (Å²) in [5, 5.41) is 3.60. The molecule has 2 fully saturated rings. The largest absolute Gasteiger partial charge is 0.354 e. The first-order valence-corrected chi connectivity index (χ1v) is 7.50. The predicted octanol–water partition coefficient (Wildman–Crippen LogP) is 2.15. The number of guanidine groups is 1. The van der Waals surface area contributed by atoms with Gasteiger partial charge in [-0.25, -0.2) is 0 Å². The molecule has 0 aromatic carbocycles. The monoisotopic (exact) mass is 380 g/mol.